The number of hydrogen-bond donors (Lipinski definition) is 0. The highest BCUT2D eigenvalue weighted by Gasteiger charge is 2.30. The van der Waals surface area contributed by atoms with Gasteiger partial charge in [0.2, 0.25) is 0 Å². The van der Waals surface area contributed by atoms with Crippen LogP contribution in [0.3, 0.4) is 0 Å². The number of alkyl halides is 3. The van der Waals surface area contributed by atoms with E-state index >= 15 is 0 Å². The normalized spacial score (nSPS) is 14.0. The highest BCUT2D eigenvalue weighted by Crippen LogP contribution is 2.29. The molecule has 0 aliphatic carbocycles. The smallest absolute Gasteiger partial charge is 0.281 e. The molecule has 0 saturated carbocycles. The summed E-state index contributed by atoms with van der Waals surface area (Å²) in [6.07, 6.45) is -2.62. The van der Waals surface area contributed by atoms with Crippen LogP contribution in [0.25, 0.3) is 0 Å². The second-order valence-corrected chi connectivity index (χ2v) is 6.67. The van der Waals surface area contributed by atoms with E-state index in [0.717, 1.165) is 41.8 Å². The highest BCUT2D eigenvalue weighted by atomic mass is 19.4. The Hall–Kier alpha value is -2.10. The van der Waals surface area contributed by atoms with Crippen molar-refractivity contribution in [1.29, 1.82) is 0 Å². The summed E-state index contributed by atoms with van der Waals surface area (Å²) in [6, 6.07) is 15.2. The Morgan fingerprint density at radius 1 is 0.920 bits per heavy atom. The fourth-order valence-electron chi connectivity index (χ4n) is 2.60. The minimum Gasteiger partial charge on any atom is -0.281 e. The van der Waals surface area contributed by atoms with Crippen molar-refractivity contribution in [2.75, 3.05) is 0 Å². The second kappa shape index (κ2) is 8.32. The van der Waals surface area contributed by atoms with Crippen LogP contribution in [-0.2, 0) is 6.18 Å². The maximum Gasteiger partial charge on any atom is 0.416 e. The maximum atomic E-state index is 12.8. The van der Waals surface area contributed by atoms with Crippen LogP contribution in [0.2, 0.25) is 0 Å². The largest absolute Gasteiger partial charge is 0.416 e. The molecule has 1 nitrogen and oxygen atoms in total. The average molecular weight is 347 g/mol. The summed E-state index contributed by atoms with van der Waals surface area (Å²) in [4.78, 5) is 4.82. The zero-order chi connectivity index (χ0) is 18.4. The van der Waals surface area contributed by atoms with E-state index in [9.17, 15) is 13.2 Å². The van der Waals surface area contributed by atoms with E-state index in [-0.39, 0.29) is 6.04 Å². The summed E-state index contributed by atoms with van der Waals surface area (Å²) in [7, 11) is 0. The predicted molar refractivity (Wildman–Crippen MR) is 96.9 cm³/mol. The van der Waals surface area contributed by atoms with Gasteiger partial charge in [-0.05, 0) is 48.9 Å². The third-order valence-electron chi connectivity index (χ3n) is 4.14. The molecule has 0 amide bonds. The fourth-order valence-corrected chi connectivity index (χ4v) is 2.60. The zero-order valence-electron chi connectivity index (χ0n) is 14.8. The minimum atomic E-state index is -4.31. The van der Waals surface area contributed by atoms with Crippen LogP contribution in [-0.4, -0.2) is 5.71 Å². The monoisotopic (exact) mass is 347 g/mol. The highest BCUT2D eigenvalue weighted by molar-refractivity contribution is 6.00. The van der Waals surface area contributed by atoms with Gasteiger partial charge in [0.05, 0.1) is 11.6 Å². The number of halogens is 3. The third-order valence-corrected chi connectivity index (χ3v) is 4.14. The lowest BCUT2D eigenvalue weighted by Crippen LogP contribution is -2.08. The molecule has 2 aromatic rings. The molecule has 0 saturated heterocycles. The van der Waals surface area contributed by atoms with Gasteiger partial charge < -0.3 is 0 Å². The quantitative estimate of drug-likeness (QED) is 0.516. The standard InChI is InChI=1S/C21H24F3N/c1-15(2)9-14-20(25-16(3)17-7-5-4-6-8-17)18-10-12-19(13-11-18)21(22,23)24/h4-8,10-13,15-16H,9,14H2,1-3H3/b25-20+/t16-/m0/s1. The first-order valence-corrected chi connectivity index (χ1v) is 8.56. The Labute approximate surface area is 147 Å². The molecule has 2 aromatic carbocycles. The molecular formula is C21H24F3N. The first-order chi connectivity index (χ1) is 11.8. The summed E-state index contributed by atoms with van der Waals surface area (Å²) in [5.74, 6) is 0.506. The van der Waals surface area contributed by atoms with E-state index in [4.69, 9.17) is 4.99 Å². The van der Waals surface area contributed by atoms with Crippen molar-refractivity contribution in [3.8, 4) is 0 Å². The molecule has 0 aliphatic heterocycles. The lowest BCUT2D eigenvalue weighted by atomic mass is 9.98. The molecule has 25 heavy (non-hydrogen) atoms. The summed E-state index contributed by atoms with van der Waals surface area (Å²) in [5, 5.41) is 0. The van der Waals surface area contributed by atoms with E-state index < -0.39 is 11.7 Å². The summed E-state index contributed by atoms with van der Waals surface area (Å²) < 4.78 is 38.3. The molecule has 0 unspecified atom stereocenters. The molecule has 0 aliphatic rings. The molecule has 0 spiro atoms. The van der Waals surface area contributed by atoms with Gasteiger partial charge in [-0.2, -0.15) is 13.2 Å². The molecule has 134 valence electrons. The predicted octanol–water partition coefficient (Wildman–Crippen LogP) is 6.69. The molecule has 0 heterocycles. The van der Waals surface area contributed by atoms with Crippen LogP contribution >= 0.6 is 0 Å². The van der Waals surface area contributed by atoms with Gasteiger partial charge in [0, 0.05) is 5.71 Å². The molecule has 1 atom stereocenters. The van der Waals surface area contributed by atoms with Gasteiger partial charge in [-0.25, -0.2) is 0 Å². The number of benzene rings is 2. The Bertz CT molecular complexity index is 685. The molecule has 0 fully saturated rings. The van der Waals surface area contributed by atoms with Crippen molar-refractivity contribution in [2.45, 2.75) is 45.8 Å². The van der Waals surface area contributed by atoms with Gasteiger partial charge in [-0.1, -0.05) is 56.3 Å². The first kappa shape index (κ1) is 19.2. The minimum absolute atomic E-state index is 0.0364. The second-order valence-electron chi connectivity index (χ2n) is 6.67. The molecule has 4 heteroatoms. The molecule has 0 aromatic heterocycles. The van der Waals surface area contributed by atoms with Crippen molar-refractivity contribution in [3.63, 3.8) is 0 Å². The number of nitrogens with zero attached hydrogens (tertiary/aromatic N) is 1. The molecular weight excluding hydrogens is 323 g/mol. The van der Waals surface area contributed by atoms with Gasteiger partial charge >= 0.3 is 6.18 Å². The van der Waals surface area contributed by atoms with E-state index in [1.165, 1.54) is 12.1 Å². The van der Waals surface area contributed by atoms with Crippen molar-refractivity contribution in [2.24, 2.45) is 10.9 Å². The van der Waals surface area contributed by atoms with Crippen LogP contribution < -0.4 is 0 Å². The van der Waals surface area contributed by atoms with Crippen molar-refractivity contribution >= 4 is 5.71 Å². The van der Waals surface area contributed by atoms with Crippen molar-refractivity contribution in [3.05, 3.63) is 71.3 Å². The van der Waals surface area contributed by atoms with E-state index in [1.807, 2.05) is 37.3 Å². The van der Waals surface area contributed by atoms with Gasteiger partial charge in [0.25, 0.3) is 0 Å². The van der Waals surface area contributed by atoms with Gasteiger partial charge in [0.15, 0.2) is 0 Å². The first-order valence-electron chi connectivity index (χ1n) is 8.56. The molecule has 2 rings (SSSR count). The third kappa shape index (κ3) is 5.73. The van der Waals surface area contributed by atoms with Crippen LogP contribution in [0.5, 0.6) is 0 Å². The van der Waals surface area contributed by atoms with Crippen molar-refractivity contribution in [1.82, 2.24) is 0 Å². The van der Waals surface area contributed by atoms with Gasteiger partial charge in [0.1, 0.15) is 0 Å². The summed E-state index contributed by atoms with van der Waals surface area (Å²) in [5.41, 5.74) is 2.09. The molecule has 0 N–H and O–H groups in total. The number of hydrogen-bond acceptors (Lipinski definition) is 1. The summed E-state index contributed by atoms with van der Waals surface area (Å²) >= 11 is 0. The van der Waals surface area contributed by atoms with E-state index in [0.29, 0.717) is 5.92 Å². The Balaban J connectivity index is 2.30. The summed E-state index contributed by atoms with van der Waals surface area (Å²) in [6.45, 7) is 6.27. The zero-order valence-corrected chi connectivity index (χ0v) is 14.8. The number of aliphatic imine (C=N–C) groups is 1. The fraction of sp³-hybridized carbons (Fsp3) is 0.381. The van der Waals surface area contributed by atoms with Crippen LogP contribution in [0, 0.1) is 5.92 Å². The Morgan fingerprint density at radius 2 is 1.52 bits per heavy atom. The van der Waals surface area contributed by atoms with E-state index in [1.54, 1.807) is 0 Å². The van der Waals surface area contributed by atoms with Crippen LogP contribution in [0.4, 0.5) is 13.2 Å². The average Bonchev–Trinajstić information content (AvgIpc) is 2.58. The number of rotatable bonds is 6. The Morgan fingerprint density at radius 3 is 2.04 bits per heavy atom. The molecule has 0 radical (unpaired) electrons. The van der Waals surface area contributed by atoms with Gasteiger partial charge in [-0.3, -0.25) is 4.99 Å². The maximum absolute atomic E-state index is 12.8. The lowest BCUT2D eigenvalue weighted by Gasteiger charge is -2.14. The molecule has 0 bridgehead atoms. The topological polar surface area (TPSA) is 12.4 Å². The Kier molecular flexibility index (Phi) is 6.40. The van der Waals surface area contributed by atoms with Crippen LogP contribution in [0.1, 0.15) is 56.3 Å². The van der Waals surface area contributed by atoms with Crippen molar-refractivity contribution < 1.29 is 13.2 Å². The lowest BCUT2D eigenvalue weighted by molar-refractivity contribution is -0.137. The van der Waals surface area contributed by atoms with Gasteiger partial charge in [-0.15, -0.1) is 0 Å². The van der Waals surface area contributed by atoms with E-state index in [2.05, 4.69) is 13.8 Å². The SMILES string of the molecule is CC(C)CC/C(=N\[C@@H](C)c1ccccc1)c1ccc(C(F)(F)F)cc1. The van der Waals surface area contributed by atoms with Crippen LogP contribution in [0.15, 0.2) is 59.6 Å².